The van der Waals surface area contributed by atoms with Gasteiger partial charge >= 0.3 is 0 Å². The molecule has 2 rings (SSSR count). The second-order valence-electron chi connectivity index (χ2n) is 4.88. The summed E-state index contributed by atoms with van der Waals surface area (Å²) in [6.45, 7) is 7.40. The summed E-state index contributed by atoms with van der Waals surface area (Å²) in [7, 11) is 1.98. The second kappa shape index (κ2) is 5.67. The van der Waals surface area contributed by atoms with E-state index in [9.17, 15) is 0 Å². The molecule has 0 amide bonds. The molecule has 2 aromatic heterocycles. The van der Waals surface area contributed by atoms with Crippen LogP contribution in [0.15, 0.2) is 18.3 Å². The van der Waals surface area contributed by atoms with Crippen molar-refractivity contribution in [3.63, 3.8) is 0 Å². The zero-order chi connectivity index (χ0) is 13.1. The Morgan fingerprint density at radius 2 is 2.17 bits per heavy atom. The summed E-state index contributed by atoms with van der Waals surface area (Å²) in [5.74, 6) is 0. The molecule has 1 atom stereocenters. The summed E-state index contributed by atoms with van der Waals surface area (Å²) in [6.07, 6.45) is 3.04. The lowest BCUT2D eigenvalue weighted by Gasteiger charge is -2.12. The van der Waals surface area contributed by atoms with Crippen LogP contribution in [0.1, 0.15) is 27.9 Å². The minimum atomic E-state index is 0.489. The summed E-state index contributed by atoms with van der Waals surface area (Å²) in [5.41, 5.74) is 2.52. The average molecular weight is 263 g/mol. The molecule has 0 fully saturated rings. The molecule has 2 heterocycles. The lowest BCUT2D eigenvalue weighted by molar-refractivity contribution is 0.547. The van der Waals surface area contributed by atoms with Gasteiger partial charge in [0, 0.05) is 40.6 Å². The Morgan fingerprint density at radius 1 is 1.39 bits per heavy atom. The van der Waals surface area contributed by atoms with Gasteiger partial charge in [-0.2, -0.15) is 5.10 Å². The van der Waals surface area contributed by atoms with Gasteiger partial charge in [0.05, 0.1) is 6.20 Å². The van der Waals surface area contributed by atoms with Gasteiger partial charge in [0.15, 0.2) is 0 Å². The van der Waals surface area contributed by atoms with Crippen molar-refractivity contribution in [1.82, 2.24) is 15.1 Å². The highest BCUT2D eigenvalue weighted by molar-refractivity contribution is 7.11. The summed E-state index contributed by atoms with van der Waals surface area (Å²) < 4.78 is 1.92. The summed E-state index contributed by atoms with van der Waals surface area (Å²) in [4.78, 5) is 2.84. The van der Waals surface area contributed by atoms with Crippen LogP contribution in [0.5, 0.6) is 0 Å². The first kappa shape index (κ1) is 13.3. The van der Waals surface area contributed by atoms with Crippen molar-refractivity contribution >= 4 is 11.3 Å². The van der Waals surface area contributed by atoms with Crippen molar-refractivity contribution in [3.05, 3.63) is 39.3 Å². The van der Waals surface area contributed by atoms with Crippen molar-refractivity contribution in [2.24, 2.45) is 7.05 Å². The molecule has 0 aromatic carbocycles. The molecule has 2 aromatic rings. The van der Waals surface area contributed by atoms with Gasteiger partial charge in [-0.1, -0.05) is 0 Å². The van der Waals surface area contributed by atoms with Gasteiger partial charge in [0.25, 0.3) is 0 Å². The Hall–Kier alpha value is -1.13. The fourth-order valence-corrected chi connectivity index (χ4v) is 2.99. The number of hydrogen-bond acceptors (Lipinski definition) is 3. The quantitative estimate of drug-likeness (QED) is 0.899. The van der Waals surface area contributed by atoms with Gasteiger partial charge in [-0.05, 0) is 39.3 Å². The lowest BCUT2D eigenvalue weighted by atomic mass is 10.2. The molecule has 0 aliphatic rings. The smallest absolute Gasteiger partial charge is 0.0537 e. The maximum Gasteiger partial charge on any atom is 0.0537 e. The van der Waals surface area contributed by atoms with E-state index in [1.54, 1.807) is 0 Å². The molecule has 18 heavy (non-hydrogen) atoms. The first-order chi connectivity index (χ1) is 8.56. The molecule has 0 radical (unpaired) electrons. The zero-order valence-corrected chi connectivity index (χ0v) is 12.3. The van der Waals surface area contributed by atoms with Crippen molar-refractivity contribution in [3.8, 4) is 0 Å². The third kappa shape index (κ3) is 3.21. The Balaban J connectivity index is 1.85. The van der Waals surface area contributed by atoms with E-state index in [1.165, 1.54) is 21.0 Å². The van der Waals surface area contributed by atoms with Crippen molar-refractivity contribution in [2.75, 3.05) is 0 Å². The minimum absolute atomic E-state index is 0.489. The fourth-order valence-electron chi connectivity index (χ4n) is 1.97. The molecular weight excluding hydrogens is 242 g/mol. The van der Waals surface area contributed by atoms with E-state index in [4.69, 9.17) is 0 Å². The third-order valence-corrected chi connectivity index (χ3v) is 4.30. The number of hydrogen-bond donors (Lipinski definition) is 1. The first-order valence-electron chi connectivity index (χ1n) is 6.32. The van der Waals surface area contributed by atoms with Crippen LogP contribution in [0.4, 0.5) is 0 Å². The number of nitrogens with zero attached hydrogens (tertiary/aromatic N) is 2. The fraction of sp³-hybridized carbons (Fsp3) is 0.500. The number of thiophene rings is 1. The Bertz CT molecular complexity index is 513. The van der Waals surface area contributed by atoms with E-state index in [0.717, 1.165) is 13.0 Å². The van der Waals surface area contributed by atoms with E-state index >= 15 is 0 Å². The highest BCUT2D eigenvalue weighted by atomic mass is 32.1. The molecule has 98 valence electrons. The summed E-state index contributed by atoms with van der Waals surface area (Å²) in [5, 5.41) is 7.82. The van der Waals surface area contributed by atoms with Gasteiger partial charge in [0.2, 0.25) is 0 Å². The summed E-state index contributed by atoms with van der Waals surface area (Å²) in [6, 6.07) is 4.91. The largest absolute Gasteiger partial charge is 0.310 e. The highest BCUT2D eigenvalue weighted by Crippen LogP contribution is 2.17. The minimum Gasteiger partial charge on any atom is -0.310 e. The standard InChI is InChI=1S/C14H21N3S/c1-10(7-14-6-5-11(2)18-14)15-8-13-9-16-17(4)12(13)3/h5-6,9-10,15H,7-8H2,1-4H3. The summed E-state index contributed by atoms with van der Waals surface area (Å²) >= 11 is 1.89. The van der Waals surface area contributed by atoms with Gasteiger partial charge in [-0.15, -0.1) is 11.3 Å². The maximum absolute atomic E-state index is 4.26. The lowest BCUT2D eigenvalue weighted by Crippen LogP contribution is -2.27. The van der Waals surface area contributed by atoms with E-state index in [1.807, 2.05) is 29.3 Å². The number of aryl methyl sites for hydroxylation is 2. The van der Waals surface area contributed by atoms with Crippen LogP contribution in [-0.2, 0) is 20.0 Å². The molecule has 1 N–H and O–H groups in total. The van der Waals surface area contributed by atoms with Crippen LogP contribution < -0.4 is 5.32 Å². The SMILES string of the molecule is Cc1ccc(CC(C)NCc2cnn(C)c2C)s1. The third-order valence-electron chi connectivity index (χ3n) is 3.28. The molecule has 3 nitrogen and oxygen atoms in total. The van der Waals surface area contributed by atoms with Gasteiger partial charge in [0.1, 0.15) is 0 Å². The Labute approximate surface area is 113 Å². The van der Waals surface area contributed by atoms with Crippen LogP contribution in [0.2, 0.25) is 0 Å². The van der Waals surface area contributed by atoms with E-state index in [-0.39, 0.29) is 0 Å². The van der Waals surface area contributed by atoms with Gasteiger partial charge in [-0.25, -0.2) is 0 Å². The Morgan fingerprint density at radius 3 is 2.72 bits per heavy atom. The van der Waals surface area contributed by atoms with Crippen molar-refractivity contribution in [2.45, 2.75) is 39.8 Å². The number of nitrogens with one attached hydrogen (secondary N) is 1. The van der Waals surface area contributed by atoms with E-state index in [0.29, 0.717) is 6.04 Å². The molecule has 1 unspecified atom stereocenters. The van der Waals surface area contributed by atoms with Crippen LogP contribution in [0.3, 0.4) is 0 Å². The predicted molar refractivity (Wildman–Crippen MR) is 77.0 cm³/mol. The normalized spacial score (nSPS) is 12.9. The molecular formula is C14H21N3S. The van der Waals surface area contributed by atoms with Crippen molar-refractivity contribution < 1.29 is 0 Å². The Kier molecular flexibility index (Phi) is 4.19. The van der Waals surface area contributed by atoms with Gasteiger partial charge < -0.3 is 5.32 Å². The number of aromatic nitrogens is 2. The zero-order valence-electron chi connectivity index (χ0n) is 11.5. The van der Waals surface area contributed by atoms with Crippen LogP contribution >= 0.6 is 11.3 Å². The molecule has 0 bridgehead atoms. The molecule has 0 aliphatic carbocycles. The van der Waals surface area contributed by atoms with E-state index < -0.39 is 0 Å². The first-order valence-corrected chi connectivity index (χ1v) is 7.14. The molecule has 0 saturated heterocycles. The highest BCUT2D eigenvalue weighted by Gasteiger charge is 2.07. The number of rotatable bonds is 5. The van der Waals surface area contributed by atoms with Crippen LogP contribution in [0, 0.1) is 13.8 Å². The van der Waals surface area contributed by atoms with Crippen LogP contribution in [0.25, 0.3) is 0 Å². The topological polar surface area (TPSA) is 29.9 Å². The molecule has 0 spiro atoms. The monoisotopic (exact) mass is 263 g/mol. The average Bonchev–Trinajstić information content (AvgIpc) is 2.86. The second-order valence-corrected chi connectivity index (χ2v) is 6.25. The van der Waals surface area contributed by atoms with Crippen LogP contribution in [-0.4, -0.2) is 15.8 Å². The van der Waals surface area contributed by atoms with Gasteiger partial charge in [-0.3, -0.25) is 4.68 Å². The maximum atomic E-state index is 4.26. The predicted octanol–water partition coefficient (Wildman–Crippen LogP) is 2.82. The van der Waals surface area contributed by atoms with E-state index in [2.05, 4.69) is 43.3 Å². The molecule has 4 heteroatoms. The molecule has 0 aliphatic heterocycles. The van der Waals surface area contributed by atoms with Crippen molar-refractivity contribution in [1.29, 1.82) is 0 Å². The molecule has 0 saturated carbocycles.